The molecule has 0 aromatic carbocycles. The first-order chi connectivity index (χ1) is 9.12. The summed E-state index contributed by atoms with van der Waals surface area (Å²) < 4.78 is 0. The Hall–Kier alpha value is -0.0800. The highest BCUT2D eigenvalue weighted by Gasteiger charge is 2.13. The molecule has 0 saturated carbocycles. The summed E-state index contributed by atoms with van der Waals surface area (Å²) in [5.41, 5.74) is 5.94. The van der Waals surface area contributed by atoms with Gasteiger partial charge in [-0.15, -0.1) is 0 Å². The molecule has 0 radical (unpaired) electrons. The molecule has 0 aliphatic carbocycles. The molecule has 0 bridgehead atoms. The molecule has 0 aliphatic rings. The third kappa shape index (κ3) is 14.1. The van der Waals surface area contributed by atoms with Crippen molar-refractivity contribution >= 4 is 0 Å². The van der Waals surface area contributed by atoms with Crippen LogP contribution in [0.25, 0.3) is 0 Å². The Bertz CT molecular complexity index is 178. The van der Waals surface area contributed by atoms with E-state index in [0.717, 1.165) is 13.1 Å². The Morgan fingerprint density at radius 2 is 1.26 bits per heavy atom. The highest BCUT2D eigenvalue weighted by Crippen LogP contribution is 2.17. The Morgan fingerprint density at radius 1 is 0.789 bits per heavy atom. The molecule has 0 spiro atoms. The van der Waals surface area contributed by atoms with E-state index in [9.17, 15) is 0 Å². The van der Waals surface area contributed by atoms with Crippen molar-refractivity contribution in [1.29, 1.82) is 0 Å². The van der Waals surface area contributed by atoms with Crippen molar-refractivity contribution < 1.29 is 0 Å². The molecular weight excluding hydrogens is 232 g/mol. The number of nitrogens with two attached hydrogens (primary N) is 1. The highest BCUT2D eigenvalue weighted by molar-refractivity contribution is 4.69. The largest absolute Gasteiger partial charge is 0.330 e. The number of rotatable bonds is 14. The predicted octanol–water partition coefficient (Wildman–Crippen LogP) is 4.48. The minimum Gasteiger partial charge on any atom is -0.330 e. The smallest absolute Gasteiger partial charge is 0.000241 e. The molecule has 116 valence electrons. The van der Waals surface area contributed by atoms with Gasteiger partial charge in [0.25, 0.3) is 0 Å². The van der Waals surface area contributed by atoms with Crippen LogP contribution in [0.2, 0.25) is 0 Å². The lowest BCUT2D eigenvalue weighted by atomic mass is 9.90. The number of unbranched alkanes of at least 4 members (excludes halogenated alkanes) is 8. The van der Waals surface area contributed by atoms with Crippen LogP contribution in [0.15, 0.2) is 0 Å². The molecular formula is C17H38N2. The SMILES string of the molecule is CCC(C)(C)CNCCCCCCCCCCCN. The fourth-order valence-electron chi connectivity index (χ4n) is 2.18. The van der Waals surface area contributed by atoms with E-state index in [0.29, 0.717) is 5.41 Å². The van der Waals surface area contributed by atoms with Crippen LogP contribution in [0.1, 0.15) is 85.0 Å². The van der Waals surface area contributed by atoms with Crippen LogP contribution in [-0.4, -0.2) is 19.6 Å². The topological polar surface area (TPSA) is 38.0 Å². The summed E-state index contributed by atoms with van der Waals surface area (Å²) in [6.07, 6.45) is 13.6. The van der Waals surface area contributed by atoms with E-state index in [1.165, 1.54) is 70.8 Å². The summed E-state index contributed by atoms with van der Waals surface area (Å²) in [7, 11) is 0. The molecule has 3 N–H and O–H groups in total. The molecule has 2 nitrogen and oxygen atoms in total. The van der Waals surface area contributed by atoms with Gasteiger partial charge in [-0.05, 0) is 37.8 Å². The van der Waals surface area contributed by atoms with Gasteiger partial charge in [0, 0.05) is 6.54 Å². The standard InChI is InChI=1S/C17H38N2/c1-4-17(2,3)16-19-15-13-11-9-7-5-6-8-10-12-14-18/h19H,4-16,18H2,1-3H3. The highest BCUT2D eigenvalue weighted by atomic mass is 14.9. The number of hydrogen-bond acceptors (Lipinski definition) is 2. The quantitative estimate of drug-likeness (QED) is 0.457. The maximum Gasteiger partial charge on any atom is 0.000241 e. The molecule has 0 unspecified atom stereocenters. The predicted molar refractivity (Wildman–Crippen MR) is 87.5 cm³/mol. The normalized spacial score (nSPS) is 12.0. The molecule has 0 aromatic rings. The molecule has 0 heterocycles. The molecule has 0 aromatic heterocycles. The molecule has 0 saturated heterocycles. The maximum atomic E-state index is 5.48. The zero-order valence-electron chi connectivity index (χ0n) is 13.8. The average molecular weight is 271 g/mol. The van der Waals surface area contributed by atoms with Gasteiger partial charge >= 0.3 is 0 Å². The fraction of sp³-hybridized carbons (Fsp3) is 1.00. The molecule has 0 aliphatic heterocycles. The van der Waals surface area contributed by atoms with Gasteiger partial charge in [-0.25, -0.2) is 0 Å². The Balaban J connectivity index is 3.07. The summed E-state index contributed by atoms with van der Waals surface area (Å²) in [4.78, 5) is 0. The zero-order valence-corrected chi connectivity index (χ0v) is 13.8. The van der Waals surface area contributed by atoms with Crippen LogP contribution in [-0.2, 0) is 0 Å². The van der Waals surface area contributed by atoms with Crippen LogP contribution in [0.5, 0.6) is 0 Å². The first-order valence-electron chi connectivity index (χ1n) is 8.53. The van der Waals surface area contributed by atoms with E-state index < -0.39 is 0 Å². The summed E-state index contributed by atoms with van der Waals surface area (Å²) in [6, 6.07) is 0. The van der Waals surface area contributed by atoms with Gasteiger partial charge in [0.1, 0.15) is 0 Å². The van der Waals surface area contributed by atoms with Crippen LogP contribution in [0, 0.1) is 5.41 Å². The third-order valence-corrected chi connectivity index (χ3v) is 4.12. The lowest BCUT2D eigenvalue weighted by molar-refractivity contribution is 0.327. The van der Waals surface area contributed by atoms with E-state index in [4.69, 9.17) is 5.73 Å². The van der Waals surface area contributed by atoms with E-state index in [1.54, 1.807) is 0 Å². The van der Waals surface area contributed by atoms with Crippen LogP contribution in [0.4, 0.5) is 0 Å². The van der Waals surface area contributed by atoms with Crippen molar-refractivity contribution in [2.75, 3.05) is 19.6 Å². The lowest BCUT2D eigenvalue weighted by Crippen LogP contribution is -2.29. The van der Waals surface area contributed by atoms with Gasteiger partial charge in [0.2, 0.25) is 0 Å². The first kappa shape index (κ1) is 18.9. The van der Waals surface area contributed by atoms with Crippen LogP contribution >= 0.6 is 0 Å². The van der Waals surface area contributed by atoms with Crippen molar-refractivity contribution in [3.8, 4) is 0 Å². The van der Waals surface area contributed by atoms with E-state index in [2.05, 4.69) is 26.1 Å². The van der Waals surface area contributed by atoms with Gasteiger partial charge in [-0.3, -0.25) is 0 Å². The Kier molecular flexibility index (Phi) is 12.9. The molecule has 0 rings (SSSR count). The van der Waals surface area contributed by atoms with Crippen molar-refractivity contribution in [2.45, 2.75) is 85.0 Å². The summed E-state index contributed by atoms with van der Waals surface area (Å²) in [5, 5.41) is 3.59. The maximum absolute atomic E-state index is 5.48. The second-order valence-corrected chi connectivity index (χ2v) is 6.67. The first-order valence-corrected chi connectivity index (χ1v) is 8.53. The van der Waals surface area contributed by atoms with E-state index in [-0.39, 0.29) is 0 Å². The monoisotopic (exact) mass is 270 g/mol. The van der Waals surface area contributed by atoms with Crippen molar-refractivity contribution in [3.63, 3.8) is 0 Å². The minimum absolute atomic E-state index is 0.462. The van der Waals surface area contributed by atoms with Gasteiger partial charge in [0.05, 0.1) is 0 Å². The molecule has 19 heavy (non-hydrogen) atoms. The molecule has 2 heteroatoms. The fourth-order valence-corrected chi connectivity index (χ4v) is 2.18. The minimum atomic E-state index is 0.462. The number of nitrogens with one attached hydrogen (secondary N) is 1. The zero-order chi connectivity index (χ0) is 14.4. The average Bonchev–Trinajstić information content (AvgIpc) is 2.40. The molecule has 0 fully saturated rings. The number of hydrogen-bond donors (Lipinski definition) is 2. The van der Waals surface area contributed by atoms with E-state index >= 15 is 0 Å². The second kappa shape index (κ2) is 12.9. The van der Waals surface area contributed by atoms with Gasteiger partial charge in [-0.1, -0.05) is 65.7 Å². The summed E-state index contributed by atoms with van der Waals surface area (Å²) in [5.74, 6) is 0. The third-order valence-electron chi connectivity index (χ3n) is 4.12. The lowest BCUT2D eigenvalue weighted by Gasteiger charge is -2.22. The van der Waals surface area contributed by atoms with Gasteiger partial charge < -0.3 is 11.1 Å². The molecule has 0 atom stereocenters. The Labute approximate surface area is 121 Å². The molecule has 0 amide bonds. The summed E-state index contributed by atoms with van der Waals surface area (Å²) in [6.45, 7) is 10.2. The Morgan fingerprint density at radius 3 is 1.74 bits per heavy atom. The van der Waals surface area contributed by atoms with Gasteiger partial charge in [-0.2, -0.15) is 0 Å². The van der Waals surface area contributed by atoms with Crippen molar-refractivity contribution in [1.82, 2.24) is 5.32 Å². The van der Waals surface area contributed by atoms with Crippen molar-refractivity contribution in [2.24, 2.45) is 11.1 Å². The van der Waals surface area contributed by atoms with Crippen LogP contribution < -0.4 is 11.1 Å². The van der Waals surface area contributed by atoms with Crippen LogP contribution in [0.3, 0.4) is 0 Å². The second-order valence-electron chi connectivity index (χ2n) is 6.67. The van der Waals surface area contributed by atoms with Gasteiger partial charge in [0.15, 0.2) is 0 Å². The van der Waals surface area contributed by atoms with Crippen molar-refractivity contribution in [3.05, 3.63) is 0 Å². The van der Waals surface area contributed by atoms with E-state index in [1.807, 2.05) is 0 Å². The summed E-state index contributed by atoms with van der Waals surface area (Å²) >= 11 is 0.